The Bertz CT molecular complexity index is 91.1. The molecule has 0 saturated carbocycles. The van der Waals surface area contributed by atoms with Gasteiger partial charge in [-0.25, -0.2) is 0 Å². The predicted molar refractivity (Wildman–Crippen MR) is 43.3 cm³/mol. The lowest BCUT2D eigenvalue weighted by Gasteiger charge is -1.82. The van der Waals surface area contributed by atoms with Gasteiger partial charge in [-0.2, -0.15) is 0 Å². The van der Waals surface area contributed by atoms with E-state index in [0.29, 0.717) is 0 Å². The number of rotatable bonds is 1. The third-order valence-electron chi connectivity index (χ3n) is 0.428. The van der Waals surface area contributed by atoms with E-state index >= 15 is 0 Å². The van der Waals surface area contributed by atoms with Crippen molar-refractivity contribution in [1.29, 1.82) is 0 Å². The molecule has 0 heterocycles. The number of carbonyl (C=O) groups excluding carboxylic acids is 1. The molecular weight excluding hydrogens is 134 g/mol. The van der Waals surface area contributed by atoms with Crippen molar-refractivity contribution in [1.82, 2.24) is 4.72 Å². The molecule has 0 rings (SSSR count). The molecule has 0 aromatic rings. The Morgan fingerprint density at radius 2 is 2.00 bits per heavy atom. The summed E-state index contributed by atoms with van der Waals surface area (Å²) in [5, 5.41) is 0. The van der Waals surface area contributed by atoms with Gasteiger partial charge in [0.1, 0.15) is 0 Å². The molecule has 1 N–H and O–H groups in total. The Morgan fingerprint density at radius 1 is 1.56 bits per heavy atom. The van der Waals surface area contributed by atoms with Gasteiger partial charge in [-0.1, -0.05) is 32.7 Å². The minimum Gasteiger partial charge on any atom is -0.299 e. The van der Waals surface area contributed by atoms with Gasteiger partial charge in [0.15, 0.2) is 0 Å². The largest absolute Gasteiger partial charge is 0.299 e. The number of carbonyl (C=O) groups is 1. The molecule has 1 amide bonds. The van der Waals surface area contributed by atoms with E-state index in [2.05, 4.69) is 17.5 Å². The van der Waals surface area contributed by atoms with Crippen LogP contribution in [0.4, 0.5) is 0 Å². The molecule has 0 unspecified atom stereocenters. The number of allylic oxidation sites excluding steroid dienone is 1. The Hall–Kier alpha value is -0.440. The van der Waals surface area contributed by atoms with Gasteiger partial charge < -0.3 is 0 Å². The molecule has 3 heteroatoms. The smallest absolute Gasteiger partial charge is 0.253 e. The van der Waals surface area contributed by atoms with Crippen molar-refractivity contribution in [3.8, 4) is 0 Å². The van der Waals surface area contributed by atoms with Crippen molar-refractivity contribution in [2.45, 2.75) is 20.8 Å². The van der Waals surface area contributed by atoms with Crippen LogP contribution in [0.1, 0.15) is 20.8 Å². The van der Waals surface area contributed by atoms with Crippen LogP contribution < -0.4 is 4.72 Å². The minimum atomic E-state index is -0.189. The molecule has 0 aliphatic heterocycles. The first-order valence-corrected chi connectivity index (χ1v) is 3.32. The molecular formula is C6H13NOS. The van der Waals surface area contributed by atoms with Crippen molar-refractivity contribution < 1.29 is 4.79 Å². The average Bonchev–Trinajstić information content (AvgIpc) is 1.93. The maximum atomic E-state index is 10.1. The van der Waals surface area contributed by atoms with E-state index in [1.165, 1.54) is 6.08 Å². The van der Waals surface area contributed by atoms with Gasteiger partial charge in [-0.15, -0.1) is 0 Å². The van der Waals surface area contributed by atoms with E-state index < -0.39 is 0 Å². The van der Waals surface area contributed by atoms with Crippen molar-refractivity contribution in [2.75, 3.05) is 0 Å². The minimum absolute atomic E-state index is 0.189. The van der Waals surface area contributed by atoms with Gasteiger partial charge in [0.05, 0.1) is 0 Å². The molecule has 0 fully saturated rings. The normalized spacial score (nSPS) is 8.00. The van der Waals surface area contributed by atoms with E-state index in [1.807, 2.05) is 13.8 Å². The molecule has 0 radical (unpaired) electrons. The second kappa shape index (κ2) is 10.5. The van der Waals surface area contributed by atoms with Gasteiger partial charge in [0, 0.05) is 0 Å². The fourth-order valence-electron chi connectivity index (χ4n) is 0.189. The highest BCUT2D eigenvalue weighted by molar-refractivity contribution is 7.78. The topological polar surface area (TPSA) is 29.1 Å². The third-order valence-corrected chi connectivity index (χ3v) is 0.649. The summed E-state index contributed by atoms with van der Waals surface area (Å²) >= 11 is 3.50. The molecule has 0 aliphatic carbocycles. The first-order valence-electron chi connectivity index (χ1n) is 2.88. The number of nitrogens with one attached hydrogen (secondary N) is 1. The van der Waals surface area contributed by atoms with Crippen LogP contribution in [0.5, 0.6) is 0 Å². The predicted octanol–water partition coefficient (Wildman–Crippen LogP) is 1.55. The molecule has 0 bridgehead atoms. The van der Waals surface area contributed by atoms with Crippen molar-refractivity contribution >= 4 is 18.7 Å². The van der Waals surface area contributed by atoms with Crippen molar-refractivity contribution in [2.24, 2.45) is 0 Å². The second-order valence-electron chi connectivity index (χ2n) is 0.976. The van der Waals surface area contributed by atoms with Crippen molar-refractivity contribution in [3.05, 3.63) is 12.2 Å². The summed E-state index contributed by atoms with van der Waals surface area (Å²) in [6.45, 7) is 5.77. The summed E-state index contributed by atoms with van der Waals surface area (Å²) in [4.78, 5) is 10.1. The molecule has 9 heavy (non-hydrogen) atoms. The van der Waals surface area contributed by atoms with Crippen LogP contribution >= 0.6 is 12.8 Å². The number of hydrogen-bond donors (Lipinski definition) is 2. The molecule has 54 valence electrons. The lowest BCUT2D eigenvalue weighted by Crippen LogP contribution is -2.07. The summed E-state index contributed by atoms with van der Waals surface area (Å²) in [7, 11) is 0. The van der Waals surface area contributed by atoms with Gasteiger partial charge in [0.2, 0.25) is 0 Å². The highest BCUT2D eigenvalue weighted by Gasteiger charge is 1.82. The SMILES string of the molecule is C/C=C/C(=O)NS.CC. The molecule has 0 aliphatic rings. The van der Waals surface area contributed by atoms with E-state index in [1.54, 1.807) is 13.0 Å². The fourth-order valence-corrected chi connectivity index (χ4v) is 0.263. The Kier molecular flexibility index (Phi) is 13.3. The number of thiol groups is 1. The summed E-state index contributed by atoms with van der Waals surface area (Å²) < 4.78 is 2.13. The van der Waals surface area contributed by atoms with E-state index in [-0.39, 0.29) is 5.91 Å². The number of hydrogen-bond acceptors (Lipinski definition) is 2. The van der Waals surface area contributed by atoms with Gasteiger partial charge >= 0.3 is 0 Å². The van der Waals surface area contributed by atoms with Crippen LogP contribution in [-0.4, -0.2) is 5.91 Å². The Labute approximate surface area is 61.9 Å². The molecule has 0 saturated heterocycles. The molecule has 0 atom stereocenters. The lowest BCUT2D eigenvalue weighted by molar-refractivity contribution is -0.114. The number of amides is 1. The maximum absolute atomic E-state index is 10.1. The monoisotopic (exact) mass is 147 g/mol. The first kappa shape index (κ1) is 11.4. The van der Waals surface area contributed by atoms with E-state index in [0.717, 1.165) is 0 Å². The average molecular weight is 147 g/mol. The van der Waals surface area contributed by atoms with Crippen molar-refractivity contribution in [3.63, 3.8) is 0 Å². The van der Waals surface area contributed by atoms with Crippen LogP contribution in [-0.2, 0) is 4.79 Å². The quantitative estimate of drug-likeness (QED) is 0.427. The van der Waals surface area contributed by atoms with Gasteiger partial charge in [-0.3, -0.25) is 9.52 Å². The third kappa shape index (κ3) is 11.2. The summed E-state index contributed by atoms with van der Waals surface area (Å²) in [6, 6.07) is 0. The molecule has 0 aromatic carbocycles. The zero-order chi connectivity index (χ0) is 7.70. The highest BCUT2D eigenvalue weighted by Crippen LogP contribution is 1.70. The van der Waals surface area contributed by atoms with E-state index in [4.69, 9.17) is 0 Å². The van der Waals surface area contributed by atoms with Crippen LogP contribution in [0.3, 0.4) is 0 Å². The lowest BCUT2D eigenvalue weighted by atomic mass is 10.5. The molecule has 0 aromatic heterocycles. The first-order chi connectivity index (χ1) is 4.31. The zero-order valence-corrected chi connectivity index (χ0v) is 6.90. The molecule has 0 spiro atoms. The summed E-state index contributed by atoms with van der Waals surface area (Å²) in [5.41, 5.74) is 0. The highest BCUT2D eigenvalue weighted by atomic mass is 32.1. The van der Waals surface area contributed by atoms with E-state index in [9.17, 15) is 4.79 Å². The Morgan fingerprint density at radius 3 is 2.11 bits per heavy atom. The second-order valence-corrected chi connectivity index (χ2v) is 1.20. The van der Waals surface area contributed by atoms with Gasteiger partial charge in [-0.05, 0) is 13.0 Å². The molecule has 2 nitrogen and oxygen atoms in total. The van der Waals surface area contributed by atoms with Crippen LogP contribution in [0, 0.1) is 0 Å². The standard InChI is InChI=1S/C4H7NOS.C2H6/c1-2-3-4(6)5-7;1-2/h2-3,7H,1H3,(H,5,6);1-2H3/b3-2+;. The van der Waals surface area contributed by atoms with Crippen LogP contribution in [0.25, 0.3) is 0 Å². The fraction of sp³-hybridized carbons (Fsp3) is 0.500. The van der Waals surface area contributed by atoms with Gasteiger partial charge in [0.25, 0.3) is 5.91 Å². The summed E-state index contributed by atoms with van der Waals surface area (Å²) in [5.74, 6) is -0.189. The summed E-state index contributed by atoms with van der Waals surface area (Å²) in [6.07, 6.45) is 3.04. The zero-order valence-electron chi connectivity index (χ0n) is 6.01. The van der Waals surface area contributed by atoms with Crippen LogP contribution in [0.15, 0.2) is 12.2 Å². The van der Waals surface area contributed by atoms with Crippen LogP contribution in [0.2, 0.25) is 0 Å². The maximum Gasteiger partial charge on any atom is 0.253 e. The Balaban J connectivity index is 0.